The average Bonchev–Trinajstić information content (AvgIpc) is 2.88. The molecule has 1 aromatic heterocycles. The van der Waals surface area contributed by atoms with Crippen LogP contribution in [0.5, 0.6) is 0 Å². The Morgan fingerprint density at radius 2 is 2.00 bits per heavy atom. The molecule has 2 aromatic carbocycles. The number of fused-ring (bicyclic) bond motifs is 1. The first kappa shape index (κ1) is 15.8. The van der Waals surface area contributed by atoms with Crippen LogP contribution in [0.15, 0.2) is 47.4 Å². The molecule has 1 N–H and O–H groups in total. The molecule has 0 unspecified atom stereocenters. The number of carbonyl (C=O) groups excluding carboxylic acids is 1. The fourth-order valence-electron chi connectivity index (χ4n) is 1.94. The van der Waals surface area contributed by atoms with Crippen LogP contribution in [0.2, 0.25) is 0 Å². The maximum Gasteiger partial charge on any atom is 0.288 e. The Labute approximate surface area is 137 Å². The lowest BCUT2D eigenvalue weighted by atomic mass is 10.2. The molecule has 23 heavy (non-hydrogen) atoms. The zero-order chi connectivity index (χ0) is 16.4. The van der Waals surface area contributed by atoms with E-state index in [2.05, 4.69) is 10.3 Å². The lowest BCUT2D eigenvalue weighted by Crippen LogP contribution is -2.13. The predicted molar refractivity (Wildman–Crippen MR) is 85.8 cm³/mol. The number of anilines is 1. The Morgan fingerprint density at radius 3 is 2.74 bits per heavy atom. The average molecular weight is 354 g/mol. The van der Waals surface area contributed by atoms with E-state index in [1.165, 1.54) is 18.2 Å². The third kappa shape index (κ3) is 3.65. The van der Waals surface area contributed by atoms with Gasteiger partial charge in [0.25, 0.3) is 11.7 Å². The highest BCUT2D eigenvalue weighted by Crippen LogP contribution is 2.32. The highest BCUT2D eigenvalue weighted by Gasteiger charge is 2.14. The van der Waals surface area contributed by atoms with Crippen molar-refractivity contribution in [1.29, 1.82) is 0 Å². The lowest BCUT2D eigenvalue weighted by molar-refractivity contribution is 0.102. The molecule has 0 aliphatic heterocycles. The quantitative estimate of drug-likeness (QED) is 0.670. The third-order valence-electron chi connectivity index (χ3n) is 2.92. The van der Waals surface area contributed by atoms with Crippen LogP contribution in [0.25, 0.3) is 10.2 Å². The summed E-state index contributed by atoms with van der Waals surface area (Å²) in [5, 5.41) is 2.81. The molecule has 118 valence electrons. The molecule has 0 aliphatic carbocycles. The summed E-state index contributed by atoms with van der Waals surface area (Å²) in [5.41, 5.74) is 0.498. The first-order valence-electron chi connectivity index (χ1n) is 6.44. The van der Waals surface area contributed by atoms with Crippen molar-refractivity contribution in [3.05, 3.63) is 53.8 Å². The van der Waals surface area contributed by atoms with E-state index in [-0.39, 0.29) is 10.7 Å². The molecule has 3 rings (SSSR count). The van der Waals surface area contributed by atoms with E-state index in [9.17, 15) is 18.0 Å². The number of hydrogen-bond acceptors (Lipinski definition) is 4. The summed E-state index contributed by atoms with van der Waals surface area (Å²) < 4.78 is 39.0. The fourth-order valence-corrected chi connectivity index (χ4v) is 3.46. The number of thioether (sulfide) groups is 1. The number of alkyl halides is 2. The number of aromatic nitrogens is 1. The predicted octanol–water partition coefficient (Wildman–Crippen LogP) is 5.00. The lowest BCUT2D eigenvalue weighted by Gasteiger charge is -2.02. The van der Waals surface area contributed by atoms with Gasteiger partial charge in [0.15, 0.2) is 5.13 Å². The zero-order valence-electron chi connectivity index (χ0n) is 11.4. The second-order valence-corrected chi connectivity index (χ2v) is 6.56. The van der Waals surface area contributed by atoms with Crippen LogP contribution in [-0.4, -0.2) is 16.6 Å². The van der Waals surface area contributed by atoms with Gasteiger partial charge in [0.2, 0.25) is 0 Å². The van der Waals surface area contributed by atoms with Crippen LogP contribution in [0, 0.1) is 5.82 Å². The molecular weight excluding hydrogens is 345 g/mol. The van der Waals surface area contributed by atoms with Crippen LogP contribution < -0.4 is 5.32 Å². The van der Waals surface area contributed by atoms with Crippen LogP contribution in [0.3, 0.4) is 0 Å². The van der Waals surface area contributed by atoms with Crippen molar-refractivity contribution in [2.75, 3.05) is 5.32 Å². The van der Waals surface area contributed by atoms with Gasteiger partial charge in [-0.1, -0.05) is 35.2 Å². The Hall–Kier alpha value is -2.06. The van der Waals surface area contributed by atoms with E-state index in [1.54, 1.807) is 24.3 Å². The third-order valence-corrected chi connectivity index (χ3v) is 4.56. The zero-order valence-corrected chi connectivity index (χ0v) is 13.1. The second-order valence-electron chi connectivity index (χ2n) is 4.46. The van der Waals surface area contributed by atoms with E-state index in [0.717, 1.165) is 11.3 Å². The summed E-state index contributed by atoms with van der Waals surface area (Å²) in [6, 6.07) is 10.4. The normalized spacial score (nSPS) is 11.1. The van der Waals surface area contributed by atoms with E-state index in [4.69, 9.17) is 0 Å². The number of nitrogens with zero attached hydrogens (tertiary/aromatic N) is 1. The van der Waals surface area contributed by atoms with Crippen molar-refractivity contribution >= 4 is 44.4 Å². The van der Waals surface area contributed by atoms with Gasteiger partial charge in [-0.15, -0.1) is 0 Å². The summed E-state index contributed by atoms with van der Waals surface area (Å²) in [6.45, 7) is 0. The largest absolute Gasteiger partial charge is 0.298 e. The van der Waals surface area contributed by atoms with E-state index in [1.807, 2.05) is 0 Å². The minimum Gasteiger partial charge on any atom is -0.298 e. The van der Waals surface area contributed by atoms with Crippen LogP contribution >= 0.6 is 23.1 Å². The van der Waals surface area contributed by atoms with Crippen LogP contribution in [-0.2, 0) is 0 Å². The molecular formula is C15H9F3N2OS2. The number of rotatable bonds is 4. The number of benzene rings is 2. The highest BCUT2D eigenvalue weighted by molar-refractivity contribution is 7.99. The van der Waals surface area contributed by atoms with Gasteiger partial charge in [-0.05, 0) is 30.3 Å². The molecule has 1 amide bonds. The molecule has 1 heterocycles. The van der Waals surface area contributed by atoms with Crippen molar-refractivity contribution in [3.63, 3.8) is 0 Å². The summed E-state index contributed by atoms with van der Waals surface area (Å²) in [6.07, 6.45) is 0. The number of thiazole rings is 1. The topological polar surface area (TPSA) is 42.0 Å². The van der Waals surface area contributed by atoms with E-state index >= 15 is 0 Å². The summed E-state index contributed by atoms with van der Waals surface area (Å²) in [5.74, 6) is -3.73. The maximum absolute atomic E-state index is 13.6. The molecule has 0 radical (unpaired) electrons. The van der Waals surface area contributed by atoms with Crippen molar-refractivity contribution in [2.45, 2.75) is 10.7 Å². The fraction of sp³-hybridized carbons (Fsp3) is 0.0667. The Balaban J connectivity index is 1.83. The molecule has 3 nitrogen and oxygen atoms in total. The molecule has 0 spiro atoms. The van der Waals surface area contributed by atoms with Gasteiger partial charge in [-0.3, -0.25) is 10.1 Å². The van der Waals surface area contributed by atoms with Crippen LogP contribution in [0.4, 0.5) is 18.3 Å². The van der Waals surface area contributed by atoms with Gasteiger partial charge in [0, 0.05) is 4.90 Å². The van der Waals surface area contributed by atoms with Gasteiger partial charge in [-0.25, -0.2) is 9.37 Å². The number of carbonyl (C=O) groups is 1. The molecule has 0 saturated heterocycles. The summed E-state index contributed by atoms with van der Waals surface area (Å²) in [7, 11) is 0. The van der Waals surface area contributed by atoms with E-state index < -0.39 is 17.5 Å². The van der Waals surface area contributed by atoms with Gasteiger partial charge in [0.05, 0.1) is 15.8 Å². The van der Waals surface area contributed by atoms with E-state index in [0.29, 0.717) is 26.9 Å². The Bertz CT molecular complexity index is 867. The standard InChI is InChI=1S/C15H9F3N2OS2/c16-10-4-2-1-3-9(10)13(21)20-15-19-11-6-5-8(22-14(17)18)7-12(11)23-15/h1-7,14H,(H,19,20,21). The first-order chi connectivity index (χ1) is 11.0. The number of halogens is 3. The van der Waals surface area contributed by atoms with Gasteiger partial charge >= 0.3 is 0 Å². The molecule has 3 aromatic rings. The van der Waals surface area contributed by atoms with Gasteiger partial charge in [0.1, 0.15) is 5.82 Å². The van der Waals surface area contributed by atoms with Crippen molar-refractivity contribution in [3.8, 4) is 0 Å². The molecule has 0 saturated carbocycles. The minimum atomic E-state index is -2.50. The van der Waals surface area contributed by atoms with Crippen molar-refractivity contribution < 1.29 is 18.0 Å². The minimum absolute atomic E-state index is 0.0827. The SMILES string of the molecule is O=C(Nc1nc2ccc(SC(F)F)cc2s1)c1ccccc1F. The smallest absolute Gasteiger partial charge is 0.288 e. The Kier molecular flexibility index (Phi) is 4.53. The van der Waals surface area contributed by atoms with Crippen molar-refractivity contribution in [2.24, 2.45) is 0 Å². The summed E-state index contributed by atoms with van der Waals surface area (Å²) >= 11 is 1.59. The molecule has 0 aliphatic rings. The monoisotopic (exact) mass is 354 g/mol. The van der Waals surface area contributed by atoms with Gasteiger partial charge in [-0.2, -0.15) is 8.78 Å². The van der Waals surface area contributed by atoms with Crippen molar-refractivity contribution in [1.82, 2.24) is 4.98 Å². The molecule has 0 bridgehead atoms. The van der Waals surface area contributed by atoms with Gasteiger partial charge < -0.3 is 0 Å². The Morgan fingerprint density at radius 1 is 1.22 bits per heavy atom. The first-order valence-corrected chi connectivity index (χ1v) is 8.14. The maximum atomic E-state index is 13.6. The number of amides is 1. The molecule has 8 heteroatoms. The second kappa shape index (κ2) is 6.59. The van der Waals surface area contributed by atoms with Crippen LogP contribution in [0.1, 0.15) is 10.4 Å². The number of nitrogens with one attached hydrogen (secondary N) is 1. The summed E-state index contributed by atoms with van der Waals surface area (Å²) in [4.78, 5) is 16.7. The molecule has 0 atom stereocenters. The number of hydrogen-bond donors (Lipinski definition) is 1. The highest BCUT2D eigenvalue weighted by atomic mass is 32.2. The molecule has 0 fully saturated rings.